The fraction of sp³-hybridized carbons (Fsp3) is 0.667. The first-order chi connectivity index (χ1) is 9.67. The highest BCUT2D eigenvalue weighted by Crippen LogP contribution is 2.39. The van der Waals surface area contributed by atoms with Crippen LogP contribution < -0.4 is 5.32 Å². The molecule has 0 heterocycles. The number of nitrogens with one attached hydrogen (secondary N) is 1. The van der Waals surface area contributed by atoms with Gasteiger partial charge in [0.1, 0.15) is 5.82 Å². The van der Waals surface area contributed by atoms with Crippen LogP contribution in [0.1, 0.15) is 63.1 Å². The van der Waals surface area contributed by atoms with Gasteiger partial charge in [0.15, 0.2) is 0 Å². The largest absolute Gasteiger partial charge is 0.310 e. The van der Waals surface area contributed by atoms with Gasteiger partial charge in [-0.1, -0.05) is 51.3 Å². The molecule has 0 amide bonds. The lowest BCUT2D eigenvalue weighted by atomic mass is 9.75. The molecule has 2 heteroatoms. The molecule has 1 saturated carbocycles. The van der Waals surface area contributed by atoms with E-state index in [2.05, 4.69) is 19.2 Å². The van der Waals surface area contributed by atoms with Gasteiger partial charge in [0.2, 0.25) is 0 Å². The summed E-state index contributed by atoms with van der Waals surface area (Å²) >= 11 is 0. The third-order valence-corrected chi connectivity index (χ3v) is 4.85. The smallest absolute Gasteiger partial charge is 0.130 e. The van der Waals surface area contributed by atoms with Gasteiger partial charge in [-0.2, -0.15) is 0 Å². The summed E-state index contributed by atoms with van der Waals surface area (Å²) in [7, 11) is 0. The van der Waals surface area contributed by atoms with Crippen molar-refractivity contribution in [3.63, 3.8) is 0 Å². The van der Waals surface area contributed by atoms with Crippen molar-refractivity contribution in [2.24, 2.45) is 11.8 Å². The van der Waals surface area contributed by atoms with Crippen LogP contribution in [0, 0.1) is 24.6 Å². The minimum absolute atomic E-state index is 0.0166. The Labute approximate surface area is 123 Å². The van der Waals surface area contributed by atoms with E-state index in [1.807, 2.05) is 25.1 Å². The van der Waals surface area contributed by atoms with Crippen LogP contribution in [0.25, 0.3) is 0 Å². The second-order valence-electron chi connectivity index (χ2n) is 6.21. The zero-order valence-electron chi connectivity index (χ0n) is 13.1. The van der Waals surface area contributed by atoms with Gasteiger partial charge >= 0.3 is 0 Å². The fourth-order valence-electron chi connectivity index (χ4n) is 3.67. The molecule has 0 aliphatic heterocycles. The van der Waals surface area contributed by atoms with Crippen molar-refractivity contribution in [2.75, 3.05) is 6.54 Å². The fourth-order valence-corrected chi connectivity index (χ4v) is 3.67. The Balaban J connectivity index is 2.23. The molecule has 0 bridgehead atoms. The average Bonchev–Trinajstić information content (AvgIpc) is 2.48. The molecule has 1 N–H and O–H groups in total. The minimum atomic E-state index is -0.0166. The summed E-state index contributed by atoms with van der Waals surface area (Å²) in [5, 5.41) is 3.54. The molecular formula is C18H28FN. The maximum absolute atomic E-state index is 14.5. The third-order valence-electron chi connectivity index (χ3n) is 4.85. The standard InChI is InChI=1S/C18H28FN/c1-4-14-9-7-10-15(12-14)18(20-5-2)16-11-6-8-13(3)17(16)19/h6,8,11,14-15,18,20H,4-5,7,9-10,12H2,1-3H3. The van der Waals surface area contributed by atoms with Gasteiger partial charge in [-0.15, -0.1) is 0 Å². The number of hydrogen-bond acceptors (Lipinski definition) is 1. The van der Waals surface area contributed by atoms with E-state index in [1.165, 1.54) is 32.1 Å². The Kier molecular flexibility index (Phi) is 5.59. The van der Waals surface area contributed by atoms with Crippen LogP contribution in [0.5, 0.6) is 0 Å². The van der Waals surface area contributed by atoms with Crippen LogP contribution in [-0.2, 0) is 0 Å². The molecule has 0 radical (unpaired) electrons. The van der Waals surface area contributed by atoms with E-state index in [-0.39, 0.29) is 11.9 Å². The van der Waals surface area contributed by atoms with Crippen molar-refractivity contribution in [2.45, 2.75) is 58.9 Å². The van der Waals surface area contributed by atoms with E-state index in [4.69, 9.17) is 0 Å². The quantitative estimate of drug-likeness (QED) is 0.798. The summed E-state index contributed by atoms with van der Waals surface area (Å²) in [6, 6.07) is 5.98. The maximum atomic E-state index is 14.5. The van der Waals surface area contributed by atoms with Crippen LogP contribution in [-0.4, -0.2) is 6.54 Å². The number of rotatable bonds is 5. The minimum Gasteiger partial charge on any atom is -0.310 e. The lowest BCUT2D eigenvalue weighted by Gasteiger charge is -2.35. The van der Waals surface area contributed by atoms with Gasteiger partial charge in [0, 0.05) is 11.6 Å². The zero-order chi connectivity index (χ0) is 14.5. The van der Waals surface area contributed by atoms with Crippen LogP contribution in [0.3, 0.4) is 0 Å². The van der Waals surface area contributed by atoms with E-state index in [0.717, 1.165) is 23.6 Å². The molecule has 1 aliphatic carbocycles. The van der Waals surface area contributed by atoms with Gasteiger partial charge in [-0.25, -0.2) is 4.39 Å². The summed E-state index contributed by atoms with van der Waals surface area (Å²) in [5.41, 5.74) is 1.63. The molecule has 3 unspecified atom stereocenters. The molecule has 1 aliphatic rings. The third kappa shape index (κ3) is 3.41. The Bertz CT molecular complexity index is 429. The Morgan fingerprint density at radius 1 is 1.30 bits per heavy atom. The van der Waals surface area contributed by atoms with Crippen molar-refractivity contribution >= 4 is 0 Å². The van der Waals surface area contributed by atoms with Crippen LogP contribution in [0.4, 0.5) is 4.39 Å². The van der Waals surface area contributed by atoms with Gasteiger partial charge in [-0.3, -0.25) is 0 Å². The summed E-state index contributed by atoms with van der Waals surface area (Å²) in [5.74, 6) is 1.38. The lowest BCUT2D eigenvalue weighted by Crippen LogP contribution is -2.32. The molecule has 20 heavy (non-hydrogen) atoms. The van der Waals surface area contributed by atoms with Crippen molar-refractivity contribution < 1.29 is 4.39 Å². The van der Waals surface area contributed by atoms with Gasteiger partial charge in [0.05, 0.1) is 0 Å². The molecule has 1 fully saturated rings. The second kappa shape index (κ2) is 7.21. The van der Waals surface area contributed by atoms with E-state index >= 15 is 0 Å². The molecular weight excluding hydrogens is 249 g/mol. The van der Waals surface area contributed by atoms with Crippen LogP contribution in [0.15, 0.2) is 18.2 Å². The SMILES string of the molecule is CCNC(c1cccc(C)c1F)C1CCCC(CC)C1. The van der Waals surface area contributed by atoms with Crippen molar-refractivity contribution in [3.05, 3.63) is 35.1 Å². The Hall–Kier alpha value is -0.890. The van der Waals surface area contributed by atoms with Crippen molar-refractivity contribution in [3.8, 4) is 0 Å². The molecule has 0 spiro atoms. The normalized spacial score (nSPS) is 24.6. The molecule has 0 aromatic heterocycles. The molecule has 2 rings (SSSR count). The second-order valence-corrected chi connectivity index (χ2v) is 6.21. The van der Waals surface area contributed by atoms with Gasteiger partial charge in [0.25, 0.3) is 0 Å². The van der Waals surface area contributed by atoms with Crippen LogP contribution >= 0.6 is 0 Å². The van der Waals surface area contributed by atoms with E-state index in [9.17, 15) is 4.39 Å². The molecule has 1 aromatic carbocycles. The molecule has 0 saturated heterocycles. The van der Waals surface area contributed by atoms with Gasteiger partial charge in [-0.05, 0) is 43.7 Å². The van der Waals surface area contributed by atoms with Crippen LogP contribution in [0.2, 0.25) is 0 Å². The molecule has 3 atom stereocenters. The van der Waals surface area contributed by atoms with E-state index in [1.54, 1.807) is 0 Å². The summed E-state index contributed by atoms with van der Waals surface area (Å²) in [6.45, 7) is 7.15. The molecule has 1 nitrogen and oxygen atoms in total. The summed E-state index contributed by atoms with van der Waals surface area (Å²) in [4.78, 5) is 0. The zero-order valence-corrected chi connectivity index (χ0v) is 13.1. The molecule has 112 valence electrons. The summed E-state index contributed by atoms with van der Waals surface area (Å²) in [6.07, 6.45) is 6.36. The van der Waals surface area contributed by atoms with E-state index < -0.39 is 0 Å². The first kappa shape index (κ1) is 15.5. The first-order valence-electron chi connectivity index (χ1n) is 8.15. The number of halogens is 1. The highest BCUT2D eigenvalue weighted by atomic mass is 19.1. The average molecular weight is 277 g/mol. The number of aryl methyl sites for hydroxylation is 1. The number of benzene rings is 1. The highest BCUT2D eigenvalue weighted by molar-refractivity contribution is 5.28. The maximum Gasteiger partial charge on any atom is 0.130 e. The van der Waals surface area contributed by atoms with E-state index in [0.29, 0.717) is 5.92 Å². The summed E-state index contributed by atoms with van der Waals surface area (Å²) < 4.78 is 14.5. The Morgan fingerprint density at radius 3 is 2.80 bits per heavy atom. The first-order valence-corrected chi connectivity index (χ1v) is 8.15. The van der Waals surface area contributed by atoms with Crippen molar-refractivity contribution in [1.82, 2.24) is 5.32 Å². The predicted molar refractivity (Wildman–Crippen MR) is 83.3 cm³/mol. The van der Waals surface area contributed by atoms with Gasteiger partial charge < -0.3 is 5.32 Å². The topological polar surface area (TPSA) is 12.0 Å². The number of hydrogen-bond donors (Lipinski definition) is 1. The monoisotopic (exact) mass is 277 g/mol. The molecule has 1 aromatic rings. The predicted octanol–water partition coefficient (Wildman–Crippen LogP) is 5.00. The van der Waals surface area contributed by atoms with Crippen molar-refractivity contribution in [1.29, 1.82) is 0 Å². The highest BCUT2D eigenvalue weighted by Gasteiger charge is 2.30. The lowest BCUT2D eigenvalue weighted by molar-refractivity contribution is 0.208. The Morgan fingerprint density at radius 2 is 2.10 bits per heavy atom.